The van der Waals surface area contributed by atoms with Crippen LogP contribution in [0.5, 0.6) is 5.75 Å². The minimum absolute atomic E-state index is 0.200. The molecular weight excluding hydrogens is 368 g/mol. The number of nitrogens with one attached hydrogen (secondary N) is 2. The van der Waals surface area contributed by atoms with Crippen LogP contribution in [0.1, 0.15) is 35.1 Å². The fraction of sp³-hybridized carbons (Fsp3) is 0.211. The molecule has 1 unspecified atom stereocenters. The molecule has 2 heterocycles. The number of esters is 2. The lowest BCUT2D eigenvalue weighted by Gasteiger charge is -2.28. The highest BCUT2D eigenvalue weighted by Crippen LogP contribution is 2.34. The zero-order valence-electron chi connectivity index (χ0n) is 14.8. The van der Waals surface area contributed by atoms with Gasteiger partial charge in [-0.3, -0.25) is 0 Å². The quantitative estimate of drug-likeness (QED) is 0.608. The standard InChI is InChI=1S/C19H18N2O5S/c1-3-25-18(23)15-11(2)20-19(24)21-16(15)12-7-4-5-8-13(12)26-17(22)14-9-6-10-27-14/h4-10,16H,3H2,1-2H3,(H2,20,21,24). The maximum absolute atomic E-state index is 12.4. The zero-order valence-corrected chi connectivity index (χ0v) is 15.6. The molecule has 3 rings (SSSR count). The number of benzene rings is 1. The van der Waals surface area contributed by atoms with Gasteiger partial charge in [0, 0.05) is 11.3 Å². The second-order valence-corrected chi connectivity index (χ2v) is 6.64. The van der Waals surface area contributed by atoms with Crippen LogP contribution in [0.4, 0.5) is 4.79 Å². The van der Waals surface area contributed by atoms with Crippen LogP contribution in [0.3, 0.4) is 0 Å². The molecule has 0 saturated heterocycles. The summed E-state index contributed by atoms with van der Waals surface area (Å²) >= 11 is 1.27. The lowest BCUT2D eigenvalue weighted by molar-refractivity contribution is -0.139. The molecule has 7 nitrogen and oxygen atoms in total. The molecule has 1 aromatic heterocycles. The molecule has 8 heteroatoms. The first kappa shape index (κ1) is 18.7. The van der Waals surface area contributed by atoms with Crippen molar-refractivity contribution in [2.24, 2.45) is 0 Å². The Balaban J connectivity index is 1.99. The van der Waals surface area contributed by atoms with Crippen LogP contribution in [0.15, 0.2) is 53.0 Å². The van der Waals surface area contributed by atoms with E-state index in [1.54, 1.807) is 55.6 Å². The number of para-hydroxylation sites is 1. The molecule has 140 valence electrons. The third-order valence-corrected chi connectivity index (χ3v) is 4.77. The van der Waals surface area contributed by atoms with E-state index >= 15 is 0 Å². The summed E-state index contributed by atoms with van der Waals surface area (Å²) in [6, 6.07) is 8.93. The number of ether oxygens (including phenoxy) is 2. The molecule has 2 N–H and O–H groups in total. The first-order chi connectivity index (χ1) is 13.0. The van der Waals surface area contributed by atoms with Crippen LogP contribution < -0.4 is 15.4 Å². The van der Waals surface area contributed by atoms with Gasteiger partial charge in [0.15, 0.2) is 0 Å². The third kappa shape index (κ3) is 4.01. The lowest BCUT2D eigenvalue weighted by Crippen LogP contribution is -2.45. The van der Waals surface area contributed by atoms with Crippen molar-refractivity contribution in [1.29, 1.82) is 0 Å². The Kier molecular flexibility index (Phi) is 5.56. The average molecular weight is 386 g/mol. The van der Waals surface area contributed by atoms with Gasteiger partial charge >= 0.3 is 18.0 Å². The predicted molar refractivity (Wildman–Crippen MR) is 99.5 cm³/mol. The van der Waals surface area contributed by atoms with E-state index in [2.05, 4.69) is 10.6 Å². The van der Waals surface area contributed by atoms with E-state index in [1.807, 2.05) is 0 Å². The summed E-state index contributed by atoms with van der Waals surface area (Å²) in [6.07, 6.45) is 0. The maximum Gasteiger partial charge on any atom is 0.353 e. The molecule has 1 atom stereocenters. The predicted octanol–water partition coefficient (Wildman–Crippen LogP) is 3.16. The molecule has 0 fully saturated rings. The highest BCUT2D eigenvalue weighted by Gasteiger charge is 2.34. The Morgan fingerprint density at radius 1 is 1.15 bits per heavy atom. The summed E-state index contributed by atoms with van der Waals surface area (Å²) in [5, 5.41) is 7.06. The summed E-state index contributed by atoms with van der Waals surface area (Å²) < 4.78 is 10.7. The zero-order chi connectivity index (χ0) is 19.4. The molecule has 0 saturated carbocycles. The van der Waals surface area contributed by atoms with Crippen molar-refractivity contribution >= 4 is 29.3 Å². The topological polar surface area (TPSA) is 93.7 Å². The van der Waals surface area contributed by atoms with Crippen LogP contribution in [-0.2, 0) is 9.53 Å². The van der Waals surface area contributed by atoms with E-state index in [0.717, 1.165) is 0 Å². The van der Waals surface area contributed by atoms with E-state index < -0.39 is 24.0 Å². The van der Waals surface area contributed by atoms with Crippen LogP contribution in [0, 0.1) is 0 Å². The molecule has 1 aromatic carbocycles. The Morgan fingerprint density at radius 3 is 2.63 bits per heavy atom. The van der Waals surface area contributed by atoms with Crippen molar-refractivity contribution < 1.29 is 23.9 Å². The average Bonchev–Trinajstić information content (AvgIpc) is 3.16. The summed E-state index contributed by atoms with van der Waals surface area (Å²) in [5.41, 5.74) is 1.14. The molecule has 0 spiro atoms. The van der Waals surface area contributed by atoms with Gasteiger partial charge in [0.25, 0.3) is 0 Å². The number of urea groups is 1. The van der Waals surface area contributed by atoms with Gasteiger partial charge in [-0.05, 0) is 31.4 Å². The molecule has 1 aliphatic rings. The van der Waals surface area contributed by atoms with Crippen molar-refractivity contribution in [3.63, 3.8) is 0 Å². The fourth-order valence-electron chi connectivity index (χ4n) is 2.76. The second kappa shape index (κ2) is 8.05. The molecule has 0 aliphatic carbocycles. The second-order valence-electron chi connectivity index (χ2n) is 5.70. The number of thiophene rings is 1. The van der Waals surface area contributed by atoms with Crippen LogP contribution in [0.2, 0.25) is 0 Å². The first-order valence-electron chi connectivity index (χ1n) is 8.31. The summed E-state index contributed by atoms with van der Waals surface area (Å²) in [7, 11) is 0. The summed E-state index contributed by atoms with van der Waals surface area (Å²) in [6.45, 7) is 3.53. The minimum atomic E-state index is -0.801. The Bertz CT molecular complexity index is 905. The highest BCUT2D eigenvalue weighted by molar-refractivity contribution is 7.12. The Hall–Kier alpha value is -3.13. The molecular formula is C19H18N2O5S. The molecule has 1 aliphatic heterocycles. The van der Waals surface area contributed by atoms with Crippen LogP contribution in [0.25, 0.3) is 0 Å². The van der Waals surface area contributed by atoms with E-state index in [9.17, 15) is 14.4 Å². The van der Waals surface area contributed by atoms with E-state index in [4.69, 9.17) is 9.47 Å². The van der Waals surface area contributed by atoms with Gasteiger partial charge in [-0.15, -0.1) is 11.3 Å². The summed E-state index contributed by atoms with van der Waals surface area (Å²) in [4.78, 5) is 37.2. The smallest absolute Gasteiger partial charge is 0.353 e. The molecule has 2 aromatic rings. The Morgan fingerprint density at radius 2 is 1.93 bits per heavy atom. The third-order valence-electron chi connectivity index (χ3n) is 3.92. The first-order valence-corrected chi connectivity index (χ1v) is 9.19. The van der Waals surface area contributed by atoms with E-state index in [-0.39, 0.29) is 17.9 Å². The van der Waals surface area contributed by atoms with Gasteiger partial charge in [0.1, 0.15) is 10.6 Å². The number of rotatable bonds is 5. The highest BCUT2D eigenvalue weighted by atomic mass is 32.1. The SMILES string of the molecule is CCOC(=O)C1=C(C)NC(=O)NC1c1ccccc1OC(=O)c1cccs1. The van der Waals surface area contributed by atoms with E-state index in [0.29, 0.717) is 16.1 Å². The van der Waals surface area contributed by atoms with Crippen molar-refractivity contribution in [3.8, 4) is 5.75 Å². The van der Waals surface area contributed by atoms with Gasteiger partial charge in [0.2, 0.25) is 0 Å². The van der Waals surface area contributed by atoms with E-state index in [1.165, 1.54) is 11.3 Å². The number of allylic oxidation sites excluding steroid dienone is 1. The molecule has 0 radical (unpaired) electrons. The monoisotopic (exact) mass is 386 g/mol. The van der Waals surface area contributed by atoms with Gasteiger partial charge in [-0.25, -0.2) is 14.4 Å². The van der Waals surface area contributed by atoms with Crippen molar-refractivity contribution in [2.75, 3.05) is 6.61 Å². The molecule has 27 heavy (non-hydrogen) atoms. The summed E-state index contributed by atoms with van der Waals surface area (Å²) in [5.74, 6) is -0.791. The normalized spacial score (nSPS) is 16.4. The van der Waals surface area contributed by atoms with Crippen molar-refractivity contribution in [2.45, 2.75) is 19.9 Å². The van der Waals surface area contributed by atoms with Gasteiger partial charge < -0.3 is 20.1 Å². The number of carbonyl (C=O) groups excluding carboxylic acids is 3. The minimum Gasteiger partial charge on any atom is -0.463 e. The van der Waals surface area contributed by atoms with Gasteiger partial charge in [0.05, 0.1) is 18.2 Å². The van der Waals surface area contributed by atoms with Crippen molar-refractivity contribution in [3.05, 3.63) is 63.5 Å². The maximum atomic E-state index is 12.4. The molecule has 0 bridgehead atoms. The van der Waals surface area contributed by atoms with Gasteiger partial charge in [-0.2, -0.15) is 0 Å². The largest absolute Gasteiger partial charge is 0.463 e. The number of carbonyl (C=O) groups is 3. The van der Waals surface area contributed by atoms with Crippen molar-refractivity contribution in [1.82, 2.24) is 10.6 Å². The fourth-order valence-corrected chi connectivity index (χ4v) is 3.36. The van der Waals surface area contributed by atoms with Crippen LogP contribution in [-0.4, -0.2) is 24.6 Å². The lowest BCUT2D eigenvalue weighted by atomic mass is 9.95. The van der Waals surface area contributed by atoms with Gasteiger partial charge in [-0.1, -0.05) is 24.3 Å². The molecule has 2 amide bonds. The number of hydrogen-bond donors (Lipinski definition) is 2. The van der Waals surface area contributed by atoms with Crippen LogP contribution >= 0.6 is 11.3 Å². The number of hydrogen-bond acceptors (Lipinski definition) is 6. The Labute approximate surface area is 160 Å². The number of amides is 2.